The molecule has 0 aliphatic heterocycles. The zero-order valence-corrected chi connectivity index (χ0v) is 13.4. The SMILES string of the molecule is CCOCc1ccc(CNC(=O)C(CC)(CC)CN)cc1. The van der Waals surface area contributed by atoms with Gasteiger partial charge in [0.15, 0.2) is 0 Å². The molecule has 0 radical (unpaired) electrons. The van der Waals surface area contributed by atoms with Crippen LogP contribution in [0.5, 0.6) is 0 Å². The molecule has 0 saturated heterocycles. The zero-order valence-electron chi connectivity index (χ0n) is 13.4. The highest BCUT2D eigenvalue weighted by Crippen LogP contribution is 2.25. The molecule has 21 heavy (non-hydrogen) atoms. The summed E-state index contributed by atoms with van der Waals surface area (Å²) in [5, 5.41) is 3.01. The minimum atomic E-state index is -0.436. The van der Waals surface area contributed by atoms with Crippen LogP contribution in [0.4, 0.5) is 0 Å². The van der Waals surface area contributed by atoms with Crippen LogP contribution >= 0.6 is 0 Å². The van der Waals surface area contributed by atoms with Crippen LogP contribution in [-0.2, 0) is 22.7 Å². The zero-order chi connectivity index (χ0) is 15.7. The van der Waals surface area contributed by atoms with E-state index in [1.54, 1.807) is 0 Å². The molecule has 3 N–H and O–H groups in total. The van der Waals surface area contributed by atoms with Crippen molar-refractivity contribution >= 4 is 5.91 Å². The van der Waals surface area contributed by atoms with E-state index in [0.29, 0.717) is 26.3 Å². The van der Waals surface area contributed by atoms with Crippen molar-refractivity contribution in [3.05, 3.63) is 35.4 Å². The summed E-state index contributed by atoms with van der Waals surface area (Å²) in [5.74, 6) is 0.0494. The number of ether oxygens (including phenoxy) is 1. The Morgan fingerprint density at radius 1 is 1.14 bits per heavy atom. The van der Waals surface area contributed by atoms with Crippen LogP contribution in [0.3, 0.4) is 0 Å². The van der Waals surface area contributed by atoms with Gasteiger partial charge in [-0.2, -0.15) is 0 Å². The van der Waals surface area contributed by atoms with Crippen LogP contribution in [0, 0.1) is 5.41 Å². The molecule has 1 aromatic rings. The summed E-state index contributed by atoms with van der Waals surface area (Å²) in [4.78, 5) is 12.3. The van der Waals surface area contributed by atoms with E-state index in [4.69, 9.17) is 10.5 Å². The molecule has 4 nitrogen and oxygen atoms in total. The van der Waals surface area contributed by atoms with Gasteiger partial charge in [-0.3, -0.25) is 4.79 Å². The van der Waals surface area contributed by atoms with Crippen LogP contribution in [0.25, 0.3) is 0 Å². The lowest BCUT2D eigenvalue weighted by Gasteiger charge is -2.28. The van der Waals surface area contributed by atoms with E-state index < -0.39 is 5.41 Å². The second kappa shape index (κ2) is 8.80. The van der Waals surface area contributed by atoms with Crippen molar-refractivity contribution in [1.82, 2.24) is 5.32 Å². The van der Waals surface area contributed by atoms with Crippen LogP contribution in [0.1, 0.15) is 44.7 Å². The summed E-state index contributed by atoms with van der Waals surface area (Å²) in [6.45, 7) is 8.28. The number of amides is 1. The van der Waals surface area contributed by atoms with E-state index in [1.165, 1.54) is 0 Å². The molecule has 4 heteroatoms. The number of hydrogen-bond donors (Lipinski definition) is 2. The second-order valence-corrected chi connectivity index (χ2v) is 5.33. The minimum absolute atomic E-state index is 0.0494. The second-order valence-electron chi connectivity index (χ2n) is 5.33. The van der Waals surface area contributed by atoms with Crippen molar-refractivity contribution in [2.75, 3.05) is 13.2 Å². The monoisotopic (exact) mass is 292 g/mol. The van der Waals surface area contributed by atoms with Crippen molar-refractivity contribution in [2.24, 2.45) is 11.1 Å². The summed E-state index contributed by atoms with van der Waals surface area (Å²) in [6.07, 6.45) is 1.53. The summed E-state index contributed by atoms with van der Waals surface area (Å²) in [7, 11) is 0. The normalized spacial score (nSPS) is 11.4. The maximum absolute atomic E-state index is 12.3. The van der Waals surface area contributed by atoms with Gasteiger partial charge >= 0.3 is 0 Å². The highest BCUT2D eigenvalue weighted by Gasteiger charge is 2.32. The maximum Gasteiger partial charge on any atom is 0.227 e. The number of benzene rings is 1. The van der Waals surface area contributed by atoms with Gasteiger partial charge in [0.25, 0.3) is 0 Å². The Morgan fingerprint density at radius 3 is 2.19 bits per heavy atom. The number of nitrogens with two attached hydrogens (primary N) is 1. The molecular formula is C17H28N2O2. The van der Waals surface area contributed by atoms with Gasteiger partial charge in [0.1, 0.15) is 0 Å². The summed E-state index contributed by atoms with van der Waals surface area (Å²) < 4.78 is 5.36. The first kappa shape index (κ1) is 17.7. The third-order valence-corrected chi connectivity index (χ3v) is 4.17. The standard InChI is InChI=1S/C17H28N2O2/c1-4-17(5-2,13-18)16(20)19-11-14-7-9-15(10-8-14)12-21-6-3/h7-10H,4-6,11-13,18H2,1-3H3,(H,19,20). The molecule has 1 rings (SSSR count). The van der Waals surface area contributed by atoms with Crippen LogP contribution in [0.15, 0.2) is 24.3 Å². The fourth-order valence-corrected chi connectivity index (χ4v) is 2.30. The average Bonchev–Trinajstić information content (AvgIpc) is 2.54. The Morgan fingerprint density at radius 2 is 1.71 bits per heavy atom. The van der Waals surface area contributed by atoms with Crippen molar-refractivity contribution in [2.45, 2.75) is 46.8 Å². The molecule has 1 aromatic carbocycles. The first-order valence-electron chi connectivity index (χ1n) is 7.75. The third-order valence-electron chi connectivity index (χ3n) is 4.17. The molecule has 1 amide bonds. The first-order valence-corrected chi connectivity index (χ1v) is 7.75. The lowest BCUT2D eigenvalue weighted by Crippen LogP contribution is -2.45. The van der Waals surface area contributed by atoms with E-state index in [1.807, 2.05) is 45.0 Å². The van der Waals surface area contributed by atoms with Crippen molar-refractivity contribution in [1.29, 1.82) is 0 Å². The van der Waals surface area contributed by atoms with E-state index in [-0.39, 0.29) is 5.91 Å². The fraction of sp³-hybridized carbons (Fsp3) is 0.588. The Bertz CT molecular complexity index is 417. The number of carbonyl (C=O) groups is 1. The molecule has 0 fully saturated rings. The molecule has 0 unspecified atom stereocenters. The maximum atomic E-state index is 12.3. The summed E-state index contributed by atoms with van der Waals surface area (Å²) in [6, 6.07) is 8.12. The summed E-state index contributed by atoms with van der Waals surface area (Å²) in [5.41, 5.74) is 7.58. The van der Waals surface area contributed by atoms with Gasteiger partial charge < -0.3 is 15.8 Å². The molecule has 0 bridgehead atoms. The number of nitrogens with one attached hydrogen (secondary N) is 1. The Balaban J connectivity index is 2.56. The number of hydrogen-bond acceptors (Lipinski definition) is 3. The van der Waals surface area contributed by atoms with Gasteiger partial charge in [0, 0.05) is 19.7 Å². The average molecular weight is 292 g/mol. The van der Waals surface area contributed by atoms with E-state index >= 15 is 0 Å². The van der Waals surface area contributed by atoms with Crippen molar-refractivity contribution in [3.63, 3.8) is 0 Å². The van der Waals surface area contributed by atoms with Crippen LogP contribution in [-0.4, -0.2) is 19.1 Å². The van der Waals surface area contributed by atoms with Crippen LogP contribution < -0.4 is 11.1 Å². The topological polar surface area (TPSA) is 64.3 Å². The van der Waals surface area contributed by atoms with Gasteiger partial charge in [-0.05, 0) is 30.9 Å². The molecular weight excluding hydrogens is 264 g/mol. The molecule has 0 saturated carbocycles. The number of carbonyl (C=O) groups excluding carboxylic acids is 1. The van der Waals surface area contributed by atoms with Gasteiger partial charge in [-0.15, -0.1) is 0 Å². The van der Waals surface area contributed by atoms with E-state index in [2.05, 4.69) is 5.32 Å². The Hall–Kier alpha value is -1.39. The largest absolute Gasteiger partial charge is 0.377 e. The van der Waals surface area contributed by atoms with Gasteiger partial charge in [0.2, 0.25) is 5.91 Å². The minimum Gasteiger partial charge on any atom is -0.377 e. The van der Waals surface area contributed by atoms with Crippen molar-refractivity contribution < 1.29 is 9.53 Å². The molecule has 0 aromatic heterocycles. The highest BCUT2D eigenvalue weighted by molar-refractivity contribution is 5.82. The molecule has 0 heterocycles. The third kappa shape index (κ3) is 4.83. The smallest absolute Gasteiger partial charge is 0.227 e. The Kier molecular flexibility index (Phi) is 7.40. The van der Waals surface area contributed by atoms with Gasteiger partial charge in [0.05, 0.1) is 12.0 Å². The molecule has 0 spiro atoms. The molecule has 118 valence electrons. The predicted molar refractivity (Wildman–Crippen MR) is 85.7 cm³/mol. The lowest BCUT2D eigenvalue weighted by molar-refractivity contribution is -0.131. The van der Waals surface area contributed by atoms with Crippen LogP contribution in [0.2, 0.25) is 0 Å². The van der Waals surface area contributed by atoms with E-state index in [0.717, 1.165) is 24.0 Å². The predicted octanol–water partition coefficient (Wildman–Crippen LogP) is 2.60. The molecule has 0 aliphatic carbocycles. The number of rotatable bonds is 9. The lowest BCUT2D eigenvalue weighted by atomic mass is 9.81. The van der Waals surface area contributed by atoms with Gasteiger partial charge in [-0.25, -0.2) is 0 Å². The molecule has 0 atom stereocenters. The highest BCUT2D eigenvalue weighted by atomic mass is 16.5. The summed E-state index contributed by atoms with van der Waals surface area (Å²) >= 11 is 0. The Labute approximate surface area is 128 Å². The quantitative estimate of drug-likeness (QED) is 0.735. The van der Waals surface area contributed by atoms with Crippen molar-refractivity contribution in [3.8, 4) is 0 Å². The van der Waals surface area contributed by atoms with E-state index in [9.17, 15) is 4.79 Å². The fourth-order valence-electron chi connectivity index (χ4n) is 2.30. The molecule has 0 aliphatic rings. The van der Waals surface area contributed by atoms with Gasteiger partial charge in [-0.1, -0.05) is 38.1 Å². The first-order chi connectivity index (χ1) is 10.1.